The normalized spacial score (nSPS) is 18.4. The Morgan fingerprint density at radius 3 is 2.75 bits per heavy atom. The van der Waals surface area contributed by atoms with Gasteiger partial charge in [-0.15, -0.1) is 0 Å². The maximum atomic E-state index is 13.3. The number of carbonyl (C=O) groups is 2. The number of ether oxygens (including phenoxy) is 2. The maximum absolute atomic E-state index is 13.3. The van der Waals surface area contributed by atoms with Crippen LogP contribution in [0.25, 0.3) is 0 Å². The van der Waals surface area contributed by atoms with Crippen LogP contribution in [-0.4, -0.2) is 71.8 Å². The quantitative estimate of drug-likeness (QED) is 0.629. The number of pyridine rings is 1. The highest BCUT2D eigenvalue weighted by atomic mass is 16.6. The number of nitrogens with zero attached hydrogens (tertiary/aromatic N) is 4. The first-order valence-electron chi connectivity index (χ1n) is 12.6. The number of amides is 2. The highest BCUT2D eigenvalue weighted by molar-refractivity contribution is 5.95. The summed E-state index contributed by atoms with van der Waals surface area (Å²) in [6.07, 6.45) is 2.22. The van der Waals surface area contributed by atoms with Gasteiger partial charge in [-0.1, -0.05) is 18.2 Å². The molecule has 4 rings (SSSR count). The second-order valence-corrected chi connectivity index (χ2v) is 11.0. The first kappa shape index (κ1) is 26.1. The predicted octanol–water partition coefficient (Wildman–Crippen LogP) is 3.86. The van der Waals surface area contributed by atoms with Gasteiger partial charge in [-0.25, -0.2) is 4.79 Å². The molecule has 0 bridgehead atoms. The Morgan fingerprint density at radius 1 is 1.28 bits per heavy atom. The van der Waals surface area contributed by atoms with Gasteiger partial charge < -0.3 is 14.4 Å². The Hall–Kier alpha value is -2.97. The van der Waals surface area contributed by atoms with E-state index in [0.717, 1.165) is 33.6 Å². The summed E-state index contributed by atoms with van der Waals surface area (Å²) in [6.45, 7) is 12.7. The van der Waals surface area contributed by atoms with Gasteiger partial charge in [-0.05, 0) is 76.4 Å². The molecule has 1 aromatic carbocycles. The first-order chi connectivity index (χ1) is 17.0. The molecular formula is C28H38N4O4. The highest BCUT2D eigenvalue weighted by Crippen LogP contribution is 2.33. The van der Waals surface area contributed by atoms with Gasteiger partial charge in [0.15, 0.2) is 0 Å². The van der Waals surface area contributed by atoms with Crippen molar-refractivity contribution in [1.82, 2.24) is 14.8 Å². The molecule has 1 saturated heterocycles. The Kier molecular flexibility index (Phi) is 7.66. The summed E-state index contributed by atoms with van der Waals surface area (Å²) in [5, 5.41) is 0. The van der Waals surface area contributed by atoms with Gasteiger partial charge in [-0.3, -0.25) is 19.6 Å². The zero-order valence-electron chi connectivity index (χ0n) is 22.3. The molecule has 1 aromatic heterocycles. The van der Waals surface area contributed by atoms with E-state index in [9.17, 15) is 9.59 Å². The minimum Gasteiger partial charge on any atom is -0.444 e. The fraction of sp³-hybridized carbons (Fsp3) is 0.536. The van der Waals surface area contributed by atoms with E-state index in [1.54, 1.807) is 0 Å². The number of carbonyl (C=O) groups excluding carboxylic acids is 2. The molecule has 36 heavy (non-hydrogen) atoms. The Morgan fingerprint density at radius 2 is 2.06 bits per heavy atom. The minimum atomic E-state index is -0.585. The largest absolute Gasteiger partial charge is 0.444 e. The molecule has 1 atom stereocenters. The molecule has 0 aliphatic carbocycles. The van der Waals surface area contributed by atoms with Crippen molar-refractivity contribution in [2.24, 2.45) is 0 Å². The molecule has 1 fully saturated rings. The fourth-order valence-electron chi connectivity index (χ4n) is 4.98. The zero-order valence-corrected chi connectivity index (χ0v) is 22.3. The number of benzene rings is 1. The third-order valence-electron chi connectivity index (χ3n) is 6.64. The van der Waals surface area contributed by atoms with Crippen molar-refractivity contribution in [2.75, 3.05) is 38.3 Å². The number of hydrogen-bond acceptors (Lipinski definition) is 6. The molecule has 0 spiro atoms. The molecule has 194 valence electrons. The van der Waals surface area contributed by atoms with Crippen LogP contribution >= 0.6 is 0 Å². The van der Waals surface area contributed by atoms with Crippen molar-refractivity contribution in [2.45, 2.75) is 65.8 Å². The molecular weight excluding hydrogens is 456 g/mol. The zero-order chi connectivity index (χ0) is 26.0. The van der Waals surface area contributed by atoms with Gasteiger partial charge in [0.2, 0.25) is 0 Å². The van der Waals surface area contributed by atoms with E-state index < -0.39 is 5.60 Å². The van der Waals surface area contributed by atoms with Crippen LogP contribution in [0.4, 0.5) is 10.5 Å². The van der Waals surface area contributed by atoms with Crippen LogP contribution in [0.15, 0.2) is 30.5 Å². The molecule has 2 aliphatic heterocycles. The van der Waals surface area contributed by atoms with Gasteiger partial charge in [0, 0.05) is 38.1 Å². The molecule has 8 heteroatoms. The van der Waals surface area contributed by atoms with Gasteiger partial charge in [-0.2, -0.15) is 0 Å². The van der Waals surface area contributed by atoms with Crippen LogP contribution in [-0.2, 0) is 33.8 Å². The van der Waals surface area contributed by atoms with Crippen molar-refractivity contribution in [3.05, 3.63) is 58.4 Å². The van der Waals surface area contributed by atoms with Gasteiger partial charge in [0.05, 0.1) is 18.3 Å². The third kappa shape index (κ3) is 6.05. The number of fused-ring (bicyclic) bond motifs is 1. The summed E-state index contributed by atoms with van der Waals surface area (Å²) in [6, 6.07) is 8.04. The molecule has 0 radical (unpaired) electrons. The van der Waals surface area contributed by atoms with E-state index in [1.807, 2.05) is 61.9 Å². The molecule has 3 heterocycles. The second-order valence-electron chi connectivity index (χ2n) is 11.0. The predicted molar refractivity (Wildman–Crippen MR) is 139 cm³/mol. The van der Waals surface area contributed by atoms with E-state index in [4.69, 9.17) is 9.47 Å². The fourth-order valence-corrected chi connectivity index (χ4v) is 4.98. The van der Waals surface area contributed by atoms with Crippen molar-refractivity contribution in [3.63, 3.8) is 0 Å². The summed E-state index contributed by atoms with van der Waals surface area (Å²) in [5.74, 6) is -0.0289. The van der Waals surface area contributed by atoms with Gasteiger partial charge >= 0.3 is 6.09 Å². The molecule has 2 aromatic rings. The van der Waals surface area contributed by atoms with Crippen molar-refractivity contribution in [1.29, 1.82) is 0 Å². The summed E-state index contributed by atoms with van der Waals surface area (Å²) >= 11 is 0. The maximum Gasteiger partial charge on any atom is 0.410 e. The summed E-state index contributed by atoms with van der Waals surface area (Å²) in [7, 11) is 2.06. The van der Waals surface area contributed by atoms with Crippen LogP contribution in [0.1, 0.15) is 48.7 Å². The second kappa shape index (κ2) is 10.6. The standard InChI is InChI=1S/C28H38N4O4/c1-19-12-20(2)24(29-14-19)17-30(6)16-22-13-23-21(15-32(22)27(34)36-28(3,4)5)8-7-9-25(23)31-10-11-35-18-26(31)33/h7-9,12,14,22H,10-11,13,15-18H2,1-6H3/t22-/m1/s1. The average molecular weight is 495 g/mol. The third-order valence-corrected chi connectivity index (χ3v) is 6.64. The smallest absolute Gasteiger partial charge is 0.410 e. The lowest BCUT2D eigenvalue weighted by Gasteiger charge is -2.41. The van der Waals surface area contributed by atoms with Crippen molar-refractivity contribution < 1.29 is 19.1 Å². The number of aryl methyl sites for hydroxylation is 2. The van der Waals surface area contributed by atoms with E-state index in [1.165, 1.54) is 0 Å². The van der Waals surface area contributed by atoms with Gasteiger partial charge in [0.25, 0.3) is 5.91 Å². The van der Waals surface area contributed by atoms with E-state index in [-0.39, 0.29) is 24.6 Å². The topological polar surface area (TPSA) is 75.2 Å². The number of morpholine rings is 1. The van der Waals surface area contributed by atoms with Crippen molar-refractivity contribution >= 4 is 17.7 Å². The van der Waals surface area contributed by atoms with E-state index >= 15 is 0 Å². The Labute approximate surface area is 214 Å². The average Bonchev–Trinajstić information content (AvgIpc) is 2.79. The summed E-state index contributed by atoms with van der Waals surface area (Å²) < 4.78 is 11.1. The lowest BCUT2D eigenvalue weighted by molar-refractivity contribution is -0.125. The minimum absolute atomic E-state index is 0.0289. The summed E-state index contributed by atoms with van der Waals surface area (Å²) in [5.41, 5.74) is 5.84. The number of rotatable bonds is 5. The number of anilines is 1. The molecule has 0 unspecified atom stereocenters. The summed E-state index contributed by atoms with van der Waals surface area (Å²) in [4.78, 5) is 36.4. The molecule has 2 aliphatic rings. The number of likely N-dealkylation sites (N-methyl/N-ethyl adjacent to an activating group) is 1. The molecule has 2 amide bonds. The lowest BCUT2D eigenvalue weighted by atomic mass is 9.91. The van der Waals surface area contributed by atoms with E-state index in [2.05, 4.69) is 29.9 Å². The molecule has 8 nitrogen and oxygen atoms in total. The van der Waals surface area contributed by atoms with Crippen molar-refractivity contribution in [3.8, 4) is 0 Å². The van der Waals surface area contributed by atoms with Crippen LogP contribution in [0.3, 0.4) is 0 Å². The van der Waals surface area contributed by atoms with Crippen LogP contribution in [0.2, 0.25) is 0 Å². The first-order valence-corrected chi connectivity index (χ1v) is 12.6. The number of aromatic nitrogens is 1. The lowest BCUT2D eigenvalue weighted by Crippen LogP contribution is -2.51. The van der Waals surface area contributed by atoms with Crippen LogP contribution < -0.4 is 4.90 Å². The van der Waals surface area contributed by atoms with Gasteiger partial charge in [0.1, 0.15) is 12.2 Å². The van der Waals surface area contributed by atoms with Crippen LogP contribution in [0, 0.1) is 13.8 Å². The van der Waals surface area contributed by atoms with E-state index in [0.29, 0.717) is 39.2 Å². The monoisotopic (exact) mass is 494 g/mol. The molecule has 0 N–H and O–H groups in total. The number of hydrogen-bond donors (Lipinski definition) is 0. The SMILES string of the molecule is Cc1cnc(CN(C)C[C@H]2Cc3c(cccc3N3CCOCC3=O)CN2C(=O)OC(C)(C)C)c(C)c1. The Bertz CT molecular complexity index is 1130. The Balaban J connectivity index is 1.61. The highest BCUT2D eigenvalue weighted by Gasteiger charge is 2.36. The molecule has 0 saturated carbocycles. The van der Waals surface area contributed by atoms with Crippen LogP contribution in [0.5, 0.6) is 0 Å².